The van der Waals surface area contributed by atoms with Gasteiger partial charge in [-0.05, 0) is 89.9 Å². The Morgan fingerprint density at radius 1 is 0.443 bits per heavy atom. The van der Waals surface area contributed by atoms with E-state index in [1.165, 1.54) is 180 Å². The van der Waals surface area contributed by atoms with E-state index in [-0.39, 0.29) is 12.5 Å². The highest BCUT2D eigenvalue weighted by Crippen LogP contribution is 2.23. The number of hydrogen-bond acceptors (Lipinski definition) is 8. The molecule has 0 aromatic heterocycles. The van der Waals surface area contributed by atoms with Crippen molar-refractivity contribution in [3.05, 3.63) is 97.2 Å². The molecule has 1 amide bonds. The number of rotatable bonds is 56. The lowest BCUT2D eigenvalue weighted by Crippen LogP contribution is -2.60. The summed E-state index contributed by atoms with van der Waals surface area (Å²) in [7, 11) is 0. The number of aliphatic hydroxyl groups excluding tert-OH is 5. The van der Waals surface area contributed by atoms with Gasteiger partial charge in [0.15, 0.2) is 6.29 Å². The van der Waals surface area contributed by atoms with E-state index >= 15 is 0 Å². The van der Waals surface area contributed by atoms with E-state index in [1.807, 2.05) is 6.08 Å². The van der Waals surface area contributed by atoms with Crippen molar-refractivity contribution in [1.82, 2.24) is 5.32 Å². The van der Waals surface area contributed by atoms with Crippen LogP contribution in [0, 0.1) is 0 Å². The van der Waals surface area contributed by atoms with Gasteiger partial charge in [-0.25, -0.2) is 0 Å². The van der Waals surface area contributed by atoms with E-state index in [0.717, 1.165) is 83.5 Å². The van der Waals surface area contributed by atoms with Crippen LogP contribution in [0.25, 0.3) is 0 Å². The number of aliphatic hydroxyl groups is 5. The molecule has 0 saturated carbocycles. The first-order valence-corrected chi connectivity index (χ1v) is 33.0. The van der Waals surface area contributed by atoms with Gasteiger partial charge in [-0.2, -0.15) is 0 Å². The van der Waals surface area contributed by atoms with Crippen molar-refractivity contribution in [2.75, 3.05) is 13.2 Å². The van der Waals surface area contributed by atoms with E-state index < -0.39 is 49.5 Å². The van der Waals surface area contributed by atoms with Crippen molar-refractivity contribution in [3.8, 4) is 0 Å². The number of ether oxygens (including phenoxy) is 2. The molecule has 0 bridgehead atoms. The maximum Gasteiger partial charge on any atom is 0.220 e. The van der Waals surface area contributed by atoms with Crippen LogP contribution in [0.15, 0.2) is 97.2 Å². The van der Waals surface area contributed by atoms with Crippen LogP contribution < -0.4 is 5.32 Å². The second-order valence-electron chi connectivity index (χ2n) is 22.5. The topological polar surface area (TPSA) is 149 Å². The van der Waals surface area contributed by atoms with E-state index in [0.29, 0.717) is 6.42 Å². The van der Waals surface area contributed by atoms with Crippen LogP contribution in [0.1, 0.15) is 284 Å². The molecule has 1 heterocycles. The summed E-state index contributed by atoms with van der Waals surface area (Å²) >= 11 is 0. The van der Waals surface area contributed by atoms with E-state index in [9.17, 15) is 30.3 Å². The van der Waals surface area contributed by atoms with Gasteiger partial charge in [-0.15, -0.1) is 0 Å². The molecular weight excluding hydrogens is 983 g/mol. The first-order chi connectivity index (χ1) is 38.8. The monoisotopic (exact) mass is 1110 g/mol. The number of hydrogen-bond donors (Lipinski definition) is 6. The first-order valence-electron chi connectivity index (χ1n) is 33.0. The van der Waals surface area contributed by atoms with E-state index in [1.54, 1.807) is 6.08 Å². The second kappa shape index (κ2) is 58.3. The lowest BCUT2D eigenvalue weighted by atomic mass is 9.99. The molecule has 1 saturated heterocycles. The summed E-state index contributed by atoms with van der Waals surface area (Å²) in [6.45, 7) is 3.65. The molecule has 0 aliphatic carbocycles. The van der Waals surface area contributed by atoms with Gasteiger partial charge >= 0.3 is 0 Å². The third-order valence-electron chi connectivity index (χ3n) is 15.1. The lowest BCUT2D eigenvalue weighted by Gasteiger charge is -2.40. The molecule has 7 atom stereocenters. The minimum absolute atomic E-state index is 0.189. The molecule has 456 valence electrons. The first kappa shape index (κ1) is 74.1. The van der Waals surface area contributed by atoms with Crippen LogP contribution in [-0.2, 0) is 14.3 Å². The highest BCUT2D eigenvalue weighted by molar-refractivity contribution is 5.76. The Kier molecular flexibility index (Phi) is 54.7. The van der Waals surface area contributed by atoms with Crippen molar-refractivity contribution in [2.24, 2.45) is 0 Å². The molecule has 9 heteroatoms. The molecule has 0 spiro atoms. The Bertz CT molecular complexity index is 1560. The van der Waals surface area contributed by atoms with Gasteiger partial charge < -0.3 is 40.3 Å². The molecule has 0 aromatic carbocycles. The van der Waals surface area contributed by atoms with Gasteiger partial charge in [0.1, 0.15) is 24.4 Å². The third-order valence-corrected chi connectivity index (χ3v) is 15.1. The Morgan fingerprint density at radius 3 is 1.22 bits per heavy atom. The molecular formula is C70H123NO8. The van der Waals surface area contributed by atoms with Gasteiger partial charge in [0.2, 0.25) is 5.91 Å². The van der Waals surface area contributed by atoms with Crippen molar-refractivity contribution in [3.63, 3.8) is 0 Å². The van der Waals surface area contributed by atoms with Crippen molar-refractivity contribution < 1.29 is 39.8 Å². The summed E-state index contributed by atoms with van der Waals surface area (Å²) in [6.07, 6.45) is 78.0. The molecule has 7 unspecified atom stereocenters. The van der Waals surface area contributed by atoms with Gasteiger partial charge in [0.25, 0.3) is 0 Å². The van der Waals surface area contributed by atoms with E-state index in [2.05, 4.69) is 104 Å². The SMILES string of the molecule is CC/C=C\C/C=C\C/C=C\C/C=C\C/C=C\CCCCCCCCCCCCCCCCCCCCCCCCCC(=O)NC(COC1OC(CO)C(O)C(O)C1O)C(O)/C=C/CC/C=C/CC/C=C/CCCCCCCCC. The van der Waals surface area contributed by atoms with Gasteiger partial charge in [0, 0.05) is 6.42 Å². The average Bonchev–Trinajstić information content (AvgIpc) is 3.48. The minimum atomic E-state index is -1.58. The average molecular weight is 1110 g/mol. The molecule has 0 radical (unpaired) electrons. The molecule has 1 fully saturated rings. The minimum Gasteiger partial charge on any atom is -0.394 e. The van der Waals surface area contributed by atoms with Crippen molar-refractivity contribution >= 4 is 5.91 Å². The van der Waals surface area contributed by atoms with Crippen LogP contribution in [0.2, 0.25) is 0 Å². The summed E-state index contributed by atoms with van der Waals surface area (Å²) in [6, 6.07) is -0.831. The molecule has 6 N–H and O–H groups in total. The Hall–Kier alpha value is -2.89. The van der Waals surface area contributed by atoms with Gasteiger partial charge in [0.05, 0.1) is 25.4 Å². The largest absolute Gasteiger partial charge is 0.394 e. The van der Waals surface area contributed by atoms with Gasteiger partial charge in [-0.3, -0.25) is 4.79 Å². The summed E-state index contributed by atoms with van der Waals surface area (Å²) in [4.78, 5) is 13.1. The molecule has 9 nitrogen and oxygen atoms in total. The summed E-state index contributed by atoms with van der Waals surface area (Å²) in [5.74, 6) is -0.189. The Morgan fingerprint density at radius 2 is 0.797 bits per heavy atom. The van der Waals surface area contributed by atoms with E-state index in [4.69, 9.17) is 9.47 Å². The molecule has 1 aliphatic rings. The number of carbonyl (C=O) groups excluding carboxylic acids is 1. The smallest absolute Gasteiger partial charge is 0.220 e. The molecule has 1 aliphatic heterocycles. The van der Waals surface area contributed by atoms with Crippen LogP contribution in [0.4, 0.5) is 0 Å². The maximum absolute atomic E-state index is 13.1. The zero-order valence-electron chi connectivity index (χ0n) is 50.9. The van der Waals surface area contributed by atoms with Crippen molar-refractivity contribution in [2.45, 2.75) is 326 Å². The number of carbonyl (C=O) groups is 1. The van der Waals surface area contributed by atoms with Crippen LogP contribution in [-0.4, -0.2) is 87.5 Å². The summed E-state index contributed by atoms with van der Waals surface area (Å²) in [5, 5.41) is 54.5. The highest BCUT2D eigenvalue weighted by Gasteiger charge is 2.44. The zero-order valence-corrected chi connectivity index (χ0v) is 50.9. The molecule has 79 heavy (non-hydrogen) atoms. The fourth-order valence-electron chi connectivity index (χ4n) is 9.98. The van der Waals surface area contributed by atoms with Crippen LogP contribution in [0.3, 0.4) is 0 Å². The summed E-state index contributed by atoms with van der Waals surface area (Å²) < 4.78 is 11.3. The number of unbranched alkanes of at least 4 members (excludes halogenated alkanes) is 32. The predicted molar refractivity (Wildman–Crippen MR) is 336 cm³/mol. The van der Waals surface area contributed by atoms with Crippen LogP contribution in [0.5, 0.6) is 0 Å². The van der Waals surface area contributed by atoms with Crippen LogP contribution >= 0.6 is 0 Å². The molecule has 1 rings (SSSR count). The standard InChI is InChI=1S/C70H123NO8/c1-3-5-7-9-11-13-15-17-19-21-22-23-24-25-26-27-28-29-30-31-32-33-34-35-36-37-38-39-40-41-42-44-46-48-50-52-54-56-58-60-66(74)71-63(62-78-70-69(77)68(76)67(75)65(61-72)79-70)64(73)59-57-55-53-51-49-47-45-43-20-18-16-14-12-10-8-6-4-2/h5,7,11,13,17,19-20,22-23,25-26,43,49,51,57,59,63-65,67-70,72-73,75-77H,3-4,6,8-10,12,14-16,18,21,24,27-42,44-48,50,52-56,58,60-62H2,1-2H3,(H,71,74)/b7-5-,13-11-,19-17-,23-22-,26-25-,43-20+,51-49+,59-57+. The fourth-order valence-corrected chi connectivity index (χ4v) is 9.98. The number of nitrogens with one attached hydrogen (secondary N) is 1. The van der Waals surface area contributed by atoms with Crippen molar-refractivity contribution in [1.29, 1.82) is 0 Å². The summed E-state index contributed by atoms with van der Waals surface area (Å²) in [5.41, 5.74) is 0. The normalized spacial score (nSPS) is 19.2. The number of allylic oxidation sites excluding steroid dienone is 15. The Balaban J connectivity index is 2.09. The fraction of sp³-hybridized carbons (Fsp3) is 0.757. The maximum atomic E-state index is 13.1. The predicted octanol–water partition coefficient (Wildman–Crippen LogP) is 17.5. The Labute approximate surface area is 485 Å². The zero-order chi connectivity index (χ0) is 57.2. The molecule has 0 aromatic rings. The third kappa shape index (κ3) is 47.3. The van der Waals surface area contributed by atoms with Gasteiger partial charge in [-0.1, -0.05) is 284 Å². The highest BCUT2D eigenvalue weighted by atomic mass is 16.7. The second-order valence-corrected chi connectivity index (χ2v) is 22.5. The lowest BCUT2D eigenvalue weighted by molar-refractivity contribution is -0.302. The quantitative estimate of drug-likeness (QED) is 0.0261. The number of amides is 1.